The van der Waals surface area contributed by atoms with E-state index in [2.05, 4.69) is 20.8 Å². The Kier molecular flexibility index (Phi) is 6.04. The molecule has 0 amide bonds. The molecule has 0 radical (unpaired) electrons. The lowest BCUT2D eigenvalue weighted by Crippen LogP contribution is -2.62. The van der Waals surface area contributed by atoms with Crippen molar-refractivity contribution in [3.8, 4) is 0 Å². The van der Waals surface area contributed by atoms with Gasteiger partial charge < -0.3 is 20.1 Å². The summed E-state index contributed by atoms with van der Waals surface area (Å²) in [5, 5.41) is 33.1. The van der Waals surface area contributed by atoms with Crippen LogP contribution in [-0.4, -0.2) is 46.7 Å². The van der Waals surface area contributed by atoms with Crippen LogP contribution in [0.25, 0.3) is 0 Å². The molecule has 30 heavy (non-hydrogen) atoms. The summed E-state index contributed by atoms with van der Waals surface area (Å²) in [6.45, 7) is 6.85. The Morgan fingerprint density at radius 3 is 2.50 bits per heavy atom. The van der Waals surface area contributed by atoms with Crippen molar-refractivity contribution in [2.24, 2.45) is 46.3 Å². The maximum Gasteiger partial charge on any atom is 0.305 e. The fourth-order valence-corrected chi connectivity index (χ4v) is 8.78. The molecule has 5 heteroatoms. The van der Waals surface area contributed by atoms with Gasteiger partial charge in [-0.3, -0.25) is 4.79 Å². The Hall–Kier alpha value is -0.650. The Morgan fingerprint density at radius 1 is 1.07 bits per heavy atom. The van der Waals surface area contributed by atoms with Crippen molar-refractivity contribution in [1.29, 1.82) is 0 Å². The van der Waals surface area contributed by atoms with Gasteiger partial charge in [-0.15, -0.1) is 0 Å². The largest absolute Gasteiger partial charge is 0.469 e. The van der Waals surface area contributed by atoms with E-state index in [1.54, 1.807) is 0 Å². The number of carbonyl (C=O) groups excluding carboxylic acids is 1. The second kappa shape index (κ2) is 8.04. The lowest BCUT2D eigenvalue weighted by atomic mass is 9.43. The number of hydrogen-bond acceptors (Lipinski definition) is 5. The number of methoxy groups -OCH3 is 1. The topological polar surface area (TPSA) is 87.0 Å². The molecule has 0 spiro atoms. The van der Waals surface area contributed by atoms with Crippen LogP contribution in [0, 0.1) is 46.3 Å². The maximum absolute atomic E-state index is 11.7. The fourth-order valence-electron chi connectivity index (χ4n) is 8.78. The van der Waals surface area contributed by atoms with Gasteiger partial charge in [-0.1, -0.05) is 20.8 Å². The predicted octanol–water partition coefficient (Wildman–Crippen LogP) is 3.54. The van der Waals surface area contributed by atoms with Crippen molar-refractivity contribution in [2.75, 3.05) is 7.11 Å². The SMILES string of the molecule is COC(=O)CCC(C)[C@H]1CCC2C3C(C[C@H](O)[C@@]21C)[C@@]1(C)CC[C@@H](O)CC1C[C@H]3O. The van der Waals surface area contributed by atoms with E-state index in [4.69, 9.17) is 4.74 Å². The summed E-state index contributed by atoms with van der Waals surface area (Å²) >= 11 is 0. The number of hydrogen-bond donors (Lipinski definition) is 3. The molecular formula is C25H42O5. The van der Waals surface area contributed by atoms with Gasteiger partial charge in [0.05, 0.1) is 25.4 Å². The lowest BCUT2D eigenvalue weighted by Gasteiger charge is -2.63. The highest BCUT2D eigenvalue weighted by atomic mass is 16.5. The number of ether oxygens (including phenoxy) is 1. The molecule has 0 bridgehead atoms. The van der Waals surface area contributed by atoms with Crippen molar-refractivity contribution < 1.29 is 24.9 Å². The third-order valence-corrected chi connectivity index (χ3v) is 10.6. The Labute approximate surface area is 181 Å². The zero-order valence-corrected chi connectivity index (χ0v) is 19.2. The van der Waals surface area contributed by atoms with Gasteiger partial charge in [0.2, 0.25) is 0 Å². The van der Waals surface area contributed by atoms with Crippen LogP contribution in [0.3, 0.4) is 0 Å². The summed E-state index contributed by atoms with van der Waals surface area (Å²) in [6.07, 6.45) is 6.60. The fraction of sp³-hybridized carbons (Fsp3) is 0.960. The van der Waals surface area contributed by atoms with Crippen molar-refractivity contribution in [1.82, 2.24) is 0 Å². The van der Waals surface area contributed by atoms with Gasteiger partial charge in [0.25, 0.3) is 0 Å². The molecule has 11 atom stereocenters. The van der Waals surface area contributed by atoms with E-state index in [0.717, 1.165) is 51.4 Å². The molecule has 5 nitrogen and oxygen atoms in total. The second-order valence-electron chi connectivity index (χ2n) is 11.6. The van der Waals surface area contributed by atoms with Crippen LogP contribution in [0.5, 0.6) is 0 Å². The normalized spacial score (nSPS) is 51.4. The Bertz CT molecular complexity index is 651. The summed E-state index contributed by atoms with van der Waals surface area (Å²) in [5.41, 5.74) is -0.0882. The Morgan fingerprint density at radius 2 is 1.80 bits per heavy atom. The molecule has 0 heterocycles. The van der Waals surface area contributed by atoms with Crippen LogP contribution in [0.4, 0.5) is 0 Å². The zero-order valence-electron chi connectivity index (χ0n) is 19.2. The molecule has 0 aromatic rings. The molecule has 4 saturated carbocycles. The first-order chi connectivity index (χ1) is 14.1. The highest BCUT2D eigenvalue weighted by Gasteiger charge is 2.65. The minimum absolute atomic E-state index is 0.111. The minimum Gasteiger partial charge on any atom is -0.469 e. The summed E-state index contributed by atoms with van der Waals surface area (Å²) in [5.74, 6) is 1.81. The molecule has 0 aromatic carbocycles. The van der Waals surface area contributed by atoms with Gasteiger partial charge in [0, 0.05) is 6.42 Å². The standard InChI is InChI=1S/C25H42O5/c1-14(5-8-22(29)30-4)17-6-7-18-23-19(13-21(28)25(17,18)3)24(2)10-9-16(26)11-15(24)12-20(23)27/h14-21,23,26-28H,5-13H2,1-4H3/t14?,15?,16-,17-,18?,19?,20-,21+,23?,24+,25-/m1/s1. The summed E-state index contributed by atoms with van der Waals surface area (Å²) in [6, 6.07) is 0. The van der Waals surface area contributed by atoms with Crippen molar-refractivity contribution in [3.05, 3.63) is 0 Å². The molecule has 172 valence electrons. The highest BCUT2D eigenvalue weighted by molar-refractivity contribution is 5.69. The van der Waals surface area contributed by atoms with E-state index in [-0.39, 0.29) is 41.0 Å². The van der Waals surface area contributed by atoms with Crippen LogP contribution in [0.1, 0.15) is 78.6 Å². The summed E-state index contributed by atoms with van der Waals surface area (Å²) in [4.78, 5) is 11.7. The molecule has 0 aliphatic heterocycles. The lowest BCUT2D eigenvalue weighted by molar-refractivity contribution is -0.207. The third-order valence-electron chi connectivity index (χ3n) is 10.6. The molecule has 3 N–H and O–H groups in total. The first kappa shape index (κ1) is 22.5. The Balaban J connectivity index is 1.58. The molecule has 4 rings (SSSR count). The molecular weight excluding hydrogens is 380 g/mol. The van der Waals surface area contributed by atoms with Gasteiger partial charge in [-0.05, 0) is 97.7 Å². The first-order valence-corrected chi connectivity index (χ1v) is 12.2. The van der Waals surface area contributed by atoms with E-state index in [0.29, 0.717) is 36.0 Å². The second-order valence-corrected chi connectivity index (χ2v) is 11.6. The van der Waals surface area contributed by atoms with Gasteiger partial charge in [0.1, 0.15) is 0 Å². The number of carbonyl (C=O) groups is 1. The first-order valence-electron chi connectivity index (χ1n) is 12.2. The van der Waals surface area contributed by atoms with E-state index in [1.165, 1.54) is 7.11 Å². The van der Waals surface area contributed by atoms with Crippen LogP contribution < -0.4 is 0 Å². The van der Waals surface area contributed by atoms with Crippen LogP contribution >= 0.6 is 0 Å². The predicted molar refractivity (Wildman–Crippen MR) is 114 cm³/mol. The van der Waals surface area contributed by atoms with Gasteiger partial charge in [-0.25, -0.2) is 0 Å². The number of rotatable bonds is 4. The van der Waals surface area contributed by atoms with Crippen LogP contribution in [0.2, 0.25) is 0 Å². The van der Waals surface area contributed by atoms with Gasteiger partial charge in [0.15, 0.2) is 0 Å². The number of fused-ring (bicyclic) bond motifs is 5. The highest BCUT2D eigenvalue weighted by Crippen LogP contribution is 2.68. The summed E-state index contributed by atoms with van der Waals surface area (Å²) < 4.78 is 4.83. The number of aliphatic hydroxyl groups is 3. The number of esters is 1. The van der Waals surface area contributed by atoms with E-state index < -0.39 is 0 Å². The third kappa shape index (κ3) is 3.34. The van der Waals surface area contributed by atoms with Crippen LogP contribution in [-0.2, 0) is 9.53 Å². The minimum atomic E-state index is -0.369. The number of aliphatic hydroxyl groups excluding tert-OH is 3. The smallest absolute Gasteiger partial charge is 0.305 e. The average Bonchev–Trinajstić information content (AvgIpc) is 3.06. The summed E-state index contributed by atoms with van der Waals surface area (Å²) in [7, 11) is 1.44. The van der Waals surface area contributed by atoms with Crippen molar-refractivity contribution >= 4 is 5.97 Å². The maximum atomic E-state index is 11.7. The van der Waals surface area contributed by atoms with Crippen molar-refractivity contribution in [3.63, 3.8) is 0 Å². The quantitative estimate of drug-likeness (QED) is 0.603. The monoisotopic (exact) mass is 422 g/mol. The van der Waals surface area contributed by atoms with Gasteiger partial charge >= 0.3 is 5.97 Å². The van der Waals surface area contributed by atoms with E-state index in [1.807, 2.05) is 0 Å². The van der Waals surface area contributed by atoms with Crippen LogP contribution in [0.15, 0.2) is 0 Å². The molecule has 0 saturated heterocycles. The average molecular weight is 423 g/mol. The molecule has 0 aromatic heterocycles. The van der Waals surface area contributed by atoms with E-state index >= 15 is 0 Å². The molecule has 4 aliphatic carbocycles. The molecule has 4 fully saturated rings. The van der Waals surface area contributed by atoms with Crippen molar-refractivity contribution in [2.45, 2.75) is 96.9 Å². The molecule has 5 unspecified atom stereocenters. The zero-order chi connectivity index (χ0) is 21.8. The van der Waals surface area contributed by atoms with E-state index in [9.17, 15) is 20.1 Å². The van der Waals surface area contributed by atoms with Gasteiger partial charge in [-0.2, -0.15) is 0 Å². The molecule has 4 aliphatic rings.